The van der Waals surface area contributed by atoms with Crippen LogP contribution in [0.1, 0.15) is 55.4 Å². The third kappa shape index (κ3) is 5.89. The first-order valence-electron chi connectivity index (χ1n) is 6.92. The van der Waals surface area contributed by atoms with Crippen molar-refractivity contribution in [2.24, 2.45) is 5.41 Å². The standard InChI is InChI=1S/C15H23N3O3/c1-9-6-12(10(2)18-17-9)14(21)16-11(7-13(19)20)8-15(3,4)5/h6,11H,7-8H2,1-5H3,(H,16,21)(H,19,20). The zero-order valence-electron chi connectivity index (χ0n) is 13.2. The smallest absolute Gasteiger partial charge is 0.305 e. The molecule has 1 atom stereocenters. The third-order valence-electron chi connectivity index (χ3n) is 2.96. The Balaban J connectivity index is 2.89. The van der Waals surface area contributed by atoms with E-state index in [0.29, 0.717) is 23.4 Å². The summed E-state index contributed by atoms with van der Waals surface area (Å²) in [7, 11) is 0. The van der Waals surface area contributed by atoms with Crippen LogP contribution in [0, 0.1) is 19.3 Å². The summed E-state index contributed by atoms with van der Waals surface area (Å²) in [6.45, 7) is 9.50. The van der Waals surface area contributed by atoms with E-state index in [1.807, 2.05) is 20.8 Å². The lowest BCUT2D eigenvalue weighted by Crippen LogP contribution is -2.39. The molecule has 0 spiro atoms. The quantitative estimate of drug-likeness (QED) is 0.867. The summed E-state index contributed by atoms with van der Waals surface area (Å²) in [6.07, 6.45) is 0.487. The second-order valence-corrected chi connectivity index (χ2v) is 6.52. The van der Waals surface area contributed by atoms with Gasteiger partial charge in [0.1, 0.15) is 0 Å². The minimum absolute atomic E-state index is 0.0746. The Kier molecular flexibility index (Phi) is 5.41. The average molecular weight is 293 g/mol. The predicted molar refractivity (Wildman–Crippen MR) is 79.1 cm³/mol. The highest BCUT2D eigenvalue weighted by Gasteiger charge is 2.24. The molecule has 0 aromatic carbocycles. The molecule has 0 bridgehead atoms. The van der Waals surface area contributed by atoms with E-state index in [1.54, 1.807) is 19.9 Å². The molecule has 21 heavy (non-hydrogen) atoms. The van der Waals surface area contributed by atoms with Crippen LogP contribution in [0.25, 0.3) is 0 Å². The van der Waals surface area contributed by atoms with E-state index in [4.69, 9.17) is 5.11 Å². The molecule has 1 rings (SSSR count). The van der Waals surface area contributed by atoms with Gasteiger partial charge in [0.25, 0.3) is 5.91 Å². The van der Waals surface area contributed by atoms with Crippen LogP contribution in [-0.2, 0) is 4.79 Å². The molecule has 1 aromatic heterocycles. The third-order valence-corrected chi connectivity index (χ3v) is 2.96. The molecule has 1 heterocycles. The Morgan fingerprint density at radius 3 is 2.43 bits per heavy atom. The largest absolute Gasteiger partial charge is 0.481 e. The van der Waals surface area contributed by atoms with Crippen molar-refractivity contribution in [1.29, 1.82) is 0 Å². The van der Waals surface area contributed by atoms with Crippen LogP contribution < -0.4 is 5.32 Å². The van der Waals surface area contributed by atoms with Crippen molar-refractivity contribution in [3.05, 3.63) is 23.0 Å². The first-order chi connectivity index (χ1) is 9.58. The Morgan fingerprint density at radius 2 is 1.90 bits per heavy atom. The molecule has 1 unspecified atom stereocenters. The summed E-state index contributed by atoms with van der Waals surface area (Å²) < 4.78 is 0. The number of aryl methyl sites for hydroxylation is 2. The molecule has 0 aliphatic heterocycles. The zero-order valence-corrected chi connectivity index (χ0v) is 13.2. The molecule has 116 valence electrons. The predicted octanol–water partition coefficient (Wildman–Crippen LogP) is 2.10. The molecule has 0 aliphatic carbocycles. The molecule has 0 saturated heterocycles. The highest BCUT2D eigenvalue weighted by atomic mass is 16.4. The zero-order chi connectivity index (χ0) is 16.2. The molecular formula is C15H23N3O3. The Hall–Kier alpha value is -1.98. The molecule has 0 saturated carbocycles. The Labute approximate surface area is 125 Å². The van der Waals surface area contributed by atoms with Crippen LogP contribution in [0.4, 0.5) is 0 Å². The molecule has 6 heteroatoms. The van der Waals surface area contributed by atoms with Crippen molar-refractivity contribution in [1.82, 2.24) is 15.5 Å². The number of carboxylic acids is 1. The molecule has 2 N–H and O–H groups in total. The van der Waals surface area contributed by atoms with E-state index in [0.717, 1.165) is 0 Å². The number of nitrogens with zero attached hydrogens (tertiary/aromatic N) is 2. The number of carbonyl (C=O) groups excluding carboxylic acids is 1. The number of hydrogen-bond donors (Lipinski definition) is 2. The summed E-state index contributed by atoms with van der Waals surface area (Å²) in [4.78, 5) is 23.3. The number of carboxylic acid groups (broad SMARTS) is 1. The topological polar surface area (TPSA) is 92.2 Å². The minimum Gasteiger partial charge on any atom is -0.481 e. The molecule has 6 nitrogen and oxygen atoms in total. The second kappa shape index (κ2) is 6.65. The lowest BCUT2D eigenvalue weighted by molar-refractivity contribution is -0.137. The van der Waals surface area contributed by atoms with Gasteiger partial charge in [-0.15, -0.1) is 0 Å². The molecule has 0 radical (unpaired) electrons. The maximum Gasteiger partial charge on any atom is 0.305 e. The summed E-state index contributed by atoms with van der Waals surface area (Å²) in [6, 6.07) is 1.25. The second-order valence-electron chi connectivity index (χ2n) is 6.52. The normalized spacial score (nSPS) is 12.8. The van der Waals surface area contributed by atoms with Crippen molar-refractivity contribution >= 4 is 11.9 Å². The van der Waals surface area contributed by atoms with E-state index >= 15 is 0 Å². The SMILES string of the molecule is Cc1cc(C(=O)NC(CC(=O)O)CC(C)(C)C)c(C)nn1. The summed E-state index contributed by atoms with van der Waals surface area (Å²) in [5.74, 6) is -1.23. The molecule has 1 aromatic rings. The number of hydrogen-bond acceptors (Lipinski definition) is 4. The summed E-state index contributed by atoms with van der Waals surface area (Å²) >= 11 is 0. The van der Waals surface area contributed by atoms with E-state index in [9.17, 15) is 9.59 Å². The average Bonchev–Trinajstić information content (AvgIpc) is 2.28. The van der Waals surface area contributed by atoms with Gasteiger partial charge in [0, 0.05) is 6.04 Å². The van der Waals surface area contributed by atoms with Gasteiger partial charge in [-0.3, -0.25) is 9.59 Å². The first kappa shape index (κ1) is 17.1. The molecular weight excluding hydrogens is 270 g/mol. The highest BCUT2D eigenvalue weighted by molar-refractivity contribution is 5.95. The minimum atomic E-state index is -0.926. The maximum absolute atomic E-state index is 12.3. The summed E-state index contributed by atoms with van der Waals surface area (Å²) in [5.41, 5.74) is 1.54. The lowest BCUT2D eigenvalue weighted by atomic mass is 9.87. The van der Waals surface area contributed by atoms with Crippen molar-refractivity contribution in [3.8, 4) is 0 Å². The Bertz CT molecular complexity index is 535. The number of carbonyl (C=O) groups is 2. The van der Waals surface area contributed by atoms with E-state index in [-0.39, 0.29) is 17.7 Å². The molecule has 1 amide bonds. The number of amides is 1. The molecule has 0 aliphatic rings. The van der Waals surface area contributed by atoms with E-state index < -0.39 is 12.0 Å². The van der Waals surface area contributed by atoms with Crippen LogP contribution >= 0.6 is 0 Å². The fourth-order valence-corrected chi connectivity index (χ4v) is 2.17. The number of aromatic nitrogens is 2. The van der Waals surface area contributed by atoms with E-state index in [1.165, 1.54) is 0 Å². The van der Waals surface area contributed by atoms with Gasteiger partial charge in [0.15, 0.2) is 0 Å². The number of rotatable bonds is 5. The van der Waals surface area contributed by atoms with Gasteiger partial charge in [-0.1, -0.05) is 20.8 Å². The lowest BCUT2D eigenvalue weighted by Gasteiger charge is -2.26. The van der Waals surface area contributed by atoms with Gasteiger partial charge in [-0.2, -0.15) is 10.2 Å². The fraction of sp³-hybridized carbons (Fsp3) is 0.600. The van der Waals surface area contributed by atoms with Gasteiger partial charge in [0.2, 0.25) is 0 Å². The first-order valence-corrected chi connectivity index (χ1v) is 6.92. The fourth-order valence-electron chi connectivity index (χ4n) is 2.17. The van der Waals surface area contributed by atoms with Crippen LogP contribution in [0.5, 0.6) is 0 Å². The van der Waals surface area contributed by atoms with Crippen LogP contribution in [0.15, 0.2) is 6.07 Å². The van der Waals surface area contributed by atoms with Crippen molar-refractivity contribution in [3.63, 3.8) is 0 Å². The van der Waals surface area contributed by atoms with Gasteiger partial charge >= 0.3 is 5.97 Å². The van der Waals surface area contributed by atoms with Gasteiger partial charge < -0.3 is 10.4 Å². The number of nitrogens with one attached hydrogen (secondary N) is 1. The van der Waals surface area contributed by atoms with Gasteiger partial charge in [-0.05, 0) is 31.7 Å². The van der Waals surface area contributed by atoms with Crippen molar-refractivity contribution < 1.29 is 14.7 Å². The van der Waals surface area contributed by atoms with Gasteiger partial charge in [0.05, 0.1) is 23.4 Å². The highest BCUT2D eigenvalue weighted by Crippen LogP contribution is 2.22. The maximum atomic E-state index is 12.3. The summed E-state index contributed by atoms with van der Waals surface area (Å²) in [5, 5.41) is 19.6. The van der Waals surface area contributed by atoms with Crippen LogP contribution in [0.2, 0.25) is 0 Å². The molecule has 0 fully saturated rings. The van der Waals surface area contributed by atoms with Crippen molar-refractivity contribution in [2.75, 3.05) is 0 Å². The monoisotopic (exact) mass is 293 g/mol. The van der Waals surface area contributed by atoms with Crippen molar-refractivity contribution in [2.45, 2.75) is 53.5 Å². The Morgan fingerprint density at radius 1 is 1.29 bits per heavy atom. The number of aliphatic carboxylic acids is 1. The van der Waals surface area contributed by atoms with E-state index in [2.05, 4.69) is 15.5 Å². The van der Waals surface area contributed by atoms with Crippen LogP contribution in [-0.4, -0.2) is 33.2 Å². The van der Waals surface area contributed by atoms with Gasteiger partial charge in [-0.25, -0.2) is 0 Å². The van der Waals surface area contributed by atoms with Crippen LogP contribution in [0.3, 0.4) is 0 Å².